The quantitative estimate of drug-likeness (QED) is 0.0218. The lowest BCUT2D eigenvalue weighted by Gasteiger charge is -2.38. The zero-order valence-electron chi connectivity index (χ0n) is 51.2. The van der Waals surface area contributed by atoms with Crippen LogP contribution in [0.4, 0.5) is 17.1 Å². The van der Waals surface area contributed by atoms with Gasteiger partial charge in [0.15, 0.2) is 17.6 Å². The van der Waals surface area contributed by atoms with Crippen LogP contribution in [-0.2, 0) is 44.6 Å². The molecular formula is C63H79N11O18S. The van der Waals surface area contributed by atoms with Crippen molar-refractivity contribution in [3.63, 3.8) is 0 Å². The van der Waals surface area contributed by atoms with Gasteiger partial charge in [-0.15, -0.1) is 0 Å². The number of aliphatic hydroxyl groups is 6. The first-order valence-electron chi connectivity index (χ1n) is 30.8. The van der Waals surface area contributed by atoms with Gasteiger partial charge in [0.05, 0.1) is 30.5 Å². The van der Waals surface area contributed by atoms with Crippen molar-refractivity contribution < 1.29 is 88.1 Å². The smallest absolute Gasteiger partial charge is 0.261 e. The predicted octanol–water partition coefficient (Wildman–Crippen LogP) is -0.666. The van der Waals surface area contributed by atoms with Crippen molar-refractivity contribution in [3.05, 3.63) is 125 Å². The summed E-state index contributed by atoms with van der Waals surface area (Å²) in [6.07, 6.45) is -9.98. The normalized spacial score (nSPS) is 26.7. The van der Waals surface area contributed by atoms with E-state index in [4.69, 9.17) is 16.0 Å². The van der Waals surface area contributed by atoms with E-state index in [0.29, 0.717) is 19.0 Å². The van der Waals surface area contributed by atoms with Crippen LogP contribution in [0.1, 0.15) is 66.9 Å². The van der Waals surface area contributed by atoms with E-state index in [0.717, 1.165) is 73.2 Å². The van der Waals surface area contributed by atoms with Gasteiger partial charge in [-0.1, -0.05) is 52.7 Å². The third-order valence-corrected chi connectivity index (χ3v) is 18.2. The molecule has 13 N–H and O–H groups in total. The maximum Gasteiger partial charge on any atom is 0.261 e. The van der Waals surface area contributed by atoms with Crippen molar-refractivity contribution in [2.45, 2.75) is 125 Å². The predicted molar refractivity (Wildman–Crippen MR) is 335 cm³/mol. The summed E-state index contributed by atoms with van der Waals surface area (Å²) in [5.74, 6) is -8.90. The summed E-state index contributed by atoms with van der Waals surface area (Å²) >= 11 is 0.0745. The highest BCUT2D eigenvalue weighted by molar-refractivity contribution is 7.90. The van der Waals surface area contributed by atoms with Crippen LogP contribution in [-0.4, -0.2) is 230 Å². The number of hydrogen-bond acceptors (Lipinski definition) is 22. The first-order chi connectivity index (χ1) is 44.6. The molecule has 0 radical (unpaired) electrons. The second kappa shape index (κ2) is 31.5. The zero-order chi connectivity index (χ0) is 66.6. The van der Waals surface area contributed by atoms with E-state index in [9.17, 15) is 69.3 Å². The molecule has 7 amide bonds. The number of aliphatic hydroxyl groups excluding tert-OH is 6. The molecule has 93 heavy (non-hydrogen) atoms. The van der Waals surface area contributed by atoms with Crippen LogP contribution in [0, 0.1) is 12.5 Å². The Morgan fingerprint density at radius 1 is 0.699 bits per heavy atom. The van der Waals surface area contributed by atoms with Gasteiger partial charge >= 0.3 is 0 Å². The summed E-state index contributed by atoms with van der Waals surface area (Å²) in [5, 5.41) is 103. The third-order valence-electron chi connectivity index (χ3n) is 17.8. The fraction of sp³-hybridized carbons (Fsp3) is 0.492. The zero-order valence-corrected chi connectivity index (χ0v) is 52.0. The van der Waals surface area contributed by atoms with Crippen LogP contribution in [0.2, 0.25) is 0 Å². The lowest BCUT2D eigenvalue weighted by molar-refractivity contribution is -0.433. The van der Waals surface area contributed by atoms with Gasteiger partial charge in [0, 0.05) is 107 Å². The van der Waals surface area contributed by atoms with Crippen LogP contribution < -0.4 is 45.5 Å². The van der Waals surface area contributed by atoms with Crippen molar-refractivity contribution in [2.24, 2.45) is 5.92 Å². The lowest BCUT2D eigenvalue weighted by atomic mass is 9.89. The Morgan fingerprint density at radius 3 is 1.90 bits per heavy atom. The van der Waals surface area contributed by atoms with Crippen molar-refractivity contribution >= 4 is 70.7 Å². The number of carbonyl (C=O) groups is 7. The number of carbonyl (C=O) groups excluding carboxylic acids is 7. The Bertz CT molecular complexity index is 3300. The van der Waals surface area contributed by atoms with Gasteiger partial charge in [-0.2, -0.15) is 0 Å². The van der Waals surface area contributed by atoms with E-state index in [1.807, 2.05) is 6.07 Å². The number of rotatable bonds is 16. The van der Waals surface area contributed by atoms with E-state index in [2.05, 4.69) is 104 Å². The summed E-state index contributed by atoms with van der Waals surface area (Å²) in [7, 11) is 0. The number of piperazine rings is 1. The molecule has 13 atom stereocenters. The van der Waals surface area contributed by atoms with Gasteiger partial charge in [0.1, 0.15) is 36.3 Å². The van der Waals surface area contributed by atoms with E-state index < -0.39 is 165 Å². The monoisotopic (exact) mass is 1310 g/mol. The fourth-order valence-electron chi connectivity index (χ4n) is 12.7. The van der Waals surface area contributed by atoms with Crippen LogP contribution in [0.25, 0.3) is 4.85 Å². The van der Waals surface area contributed by atoms with Gasteiger partial charge in [-0.05, 0) is 97.5 Å². The van der Waals surface area contributed by atoms with Gasteiger partial charge in [0.2, 0.25) is 42.0 Å². The molecular weight excluding hydrogens is 1230 g/mol. The number of phenolic OH excluding ortho intramolecular Hbond substituents is 1. The Hall–Kier alpha value is -8.35. The van der Waals surface area contributed by atoms with Gasteiger partial charge in [-0.3, -0.25) is 33.6 Å². The number of aromatic hydroxyl groups is 1. The molecule has 4 aromatic rings. The van der Waals surface area contributed by atoms with Crippen LogP contribution in [0.15, 0.2) is 97.1 Å². The molecule has 500 valence electrons. The van der Waals surface area contributed by atoms with E-state index in [1.54, 1.807) is 24.3 Å². The highest BCUT2D eigenvalue weighted by Gasteiger charge is 2.50. The molecule has 30 heteroatoms. The largest absolute Gasteiger partial charge is 0.504 e. The average Bonchev–Trinajstić information content (AvgIpc) is 1.71. The number of amides is 7. The molecule has 9 rings (SSSR count). The van der Waals surface area contributed by atoms with Crippen LogP contribution in [0.3, 0.4) is 0 Å². The second-order valence-electron chi connectivity index (χ2n) is 24.1. The molecule has 0 aromatic heterocycles. The molecule has 5 saturated heterocycles. The molecule has 0 saturated carbocycles. The number of hydrogen-bond donors (Lipinski definition) is 13. The Morgan fingerprint density at radius 2 is 1.29 bits per heavy atom. The number of fused-ring (bicyclic) bond motifs is 2. The number of nitrogens with one attached hydrogen (secondary N) is 5. The van der Waals surface area contributed by atoms with E-state index in [-0.39, 0.29) is 35.7 Å². The third kappa shape index (κ3) is 16.9. The molecule has 0 bridgehead atoms. The molecule has 5 heterocycles. The summed E-state index contributed by atoms with van der Waals surface area (Å²) in [5.41, 5.74) is 4.73. The van der Waals surface area contributed by atoms with Crippen molar-refractivity contribution in [2.75, 3.05) is 80.1 Å². The highest BCUT2D eigenvalue weighted by atomic mass is 32.2. The molecule has 5 aliphatic heterocycles. The molecule has 4 aromatic carbocycles. The maximum absolute atomic E-state index is 14.7. The minimum absolute atomic E-state index is 0.0745. The number of β-amino-alcohol motifs (C(OH)–C–C–N with tert-alkyl or cyclic N) is 1. The standard InChI is InChI=1S/C63H79N11O18S/c1-35-33-74-55(56(35)81)61(86)65-31-44(76)29-46(66-57(82)40-10-12-41(13-11-40)71-23-25-72(26-24-71)43-16-14-42(15-17-43)70-21-19-39(20-22-70)38-7-5-4-6-8-38)58(83)67-52(36(2)75)62(87)73-34-45(77)30-47(73)59(84)68-53(60(85)69-54(63(74)88)50(80)32-64-3)49(79)27-37-9-18-48(78)51(28-37)90-93-92-91-89/h4-18,28,35-36,39,44-47,49-50,52-56,75-81,89H,19-27,29-34H2,1-2H3,(H,65,86)(H,66,82)(H,67,83)(H,68,84)(H,69,85)/t35-,36+,44+,45+,46+,47+,49-,50-,52+,53+,54+,55+,56+/m1/s1. The van der Waals surface area contributed by atoms with Gasteiger partial charge in [-0.25, -0.2) is 11.8 Å². The first-order valence-corrected chi connectivity index (χ1v) is 31.4. The topological polar surface area (TPSA) is 390 Å². The maximum atomic E-state index is 14.7. The number of phenols is 1. The number of nitrogens with zero attached hydrogens (tertiary/aromatic N) is 6. The number of anilines is 3. The second-order valence-corrected chi connectivity index (χ2v) is 24.6. The minimum Gasteiger partial charge on any atom is -0.504 e. The summed E-state index contributed by atoms with van der Waals surface area (Å²) in [4.78, 5) is 113. The molecule has 5 aliphatic rings. The summed E-state index contributed by atoms with van der Waals surface area (Å²) in [6.45, 7) is 12.5. The average molecular weight is 1310 g/mol. The SMILES string of the molecule is [C-]#[N+]C[C@@H](O)[C@@H]1NC(=O)[C@H]([C@H](O)Cc2ccc(O)c(OSOOO)c2)NC(=O)[C@@H]2C[C@H](O)CN2C(=O)[C@H]([C@H](C)O)NC(=O)[C@@H](NC(=O)c2ccc(N3CCN(c4ccc(N5CCC(c6ccccc6)CC5)cc4)CC3)cc2)C[C@H](O)CNC(=O)[C@@H]2[C@@H](O)[C@H](C)CN2C1=O. The summed E-state index contributed by atoms with van der Waals surface area (Å²) in [6, 6.07) is 18.2. The van der Waals surface area contributed by atoms with Crippen molar-refractivity contribution in [3.8, 4) is 11.5 Å². The molecule has 0 aliphatic carbocycles. The minimum atomic E-state index is -2.14. The molecule has 0 unspecified atom stereocenters. The molecule has 5 fully saturated rings. The first kappa shape index (κ1) is 69.0. The highest BCUT2D eigenvalue weighted by Crippen LogP contribution is 2.34. The number of piperidine rings is 1. The van der Waals surface area contributed by atoms with Crippen LogP contribution in [0.5, 0.6) is 11.5 Å². The summed E-state index contributed by atoms with van der Waals surface area (Å²) < 4.78 is 9.33. The van der Waals surface area contributed by atoms with E-state index in [1.165, 1.54) is 30.3 Å². The molecule has 0 spiro atoms. The number of benzene rings is 4. The van der Waals surface area contributed by atoms with Crippen molar-refractivity contribution in [1.82, 2.24) is 36.4 Å². The lowest BCUT2D eigenvalue weighted by Crippen LogP contribution is -2.64. The molecule has 29 nitrogen and oxygen atoms in total. The van der Waals surface area contributed by atoms with Gasteiger partial charge < -0.3 is 95.9 Å². The van der Waals surface area contributed by atoms with Crippen molar-refractivity contribution in [1.29, 1.82) is 0 Å². The Kier molecular flexibility index (Phi) is 23.4. The van der Waals surface area contributed by atoms with Crippen LogP contribution >= 0.6 is 12.3 Å². The fourth-order valence-corrected chi connectivity index (χ4v) is 12.9. The van der Waals surface area contributed by atoms with E-state index >= 15 is 0 Å². The Labute approximate surface area is 540 Å². The van der Waals surface area contributed by atoms with Gasteiger partial charge in [0.25, 0.3) is 18.2 Å². The Balaban J connectivity index is 0.927.